The predicted molar refractivity (Wildman–Crippen MR) is 87.3 cm³/mol. The number of hydrogen-bond acceptors (Lipinski definition) is 4. The highest BCUT2D eigenvalue weighted by molar-refractivity contribution is 7.13. The Morgan fingerprint density at radius 1 is 1.33 bits per heavy atom. The molecule has 1 heterocycles. The van der Waals surface area contributed by atoms with Gasteiger partial charge in [0.1, 0.15) is 5.01 Å². The fourth-order valence-corrected chi connectivity index (χ4v) is 3.39. The molecular weight excluding hydrogens is 280 g/mol. The number of nitrogens with zero attached hydrogens (tertiary/aromatic N) is 1. The van der Waals surface area contributed by atoms with Gasteiger partial charge >= 0.3 is 0 Å². The molecule has 0 aliphatic heterocycles. The largest absolute Gasteiger partial charge is 0.394 e. The number of benzene rings is 1. The highest BCUT2D eigenvalue weighted by Crippen LogP contribution is 2.39. The Morgan fingerprint density at radius 2 is 2.05 bits per heavy atom. The molecule has 21 heavy (non-hydrogen) atoms. The van der Waals surface area contributed by atoms with Crippen LogP contribution in [0.15, 0.2) is 29.6 Å². The van der Waals surface area contributed by atoms with Crippen molar-refractivity contribution in [2.24, 2.45) is 5.92 Å². The van der Waals surface area contributed by atoms with Gasteiger partial charge in [0.25, 0.3) is 0 Å². The summed E-state index contributed by atoms with van der Waals surface area (Å²) in [4.78, 5) is 4.70. The van der Waals surface area contributed by atoms with Crippen LogP contribution in [0.3, 0.4) is 0 Å². The molecule has 1 atom stereocenters. The summed E-state index contributed by atoms with van der Waals surface area (Å²) in [5.41, 5.74) is 3.33. The average Bonchev–Trinajstić information content (AvgIpc) is 3.25. The van der Waals surface area contributed by atoms with Gasteiger partial charge in [-0.1, -0.05) is 29.8 Å². The van der Waals surface area contributed by atoms with Gasteiger partial charge in [-0.25, -0.2) is 4.98 Å². The molecule has 1 aromatic carbocycles. The van der Waals surface area contributed by atoms with Gasteiger partial charge in [0, 0.05) is 23.0 Å². The molecule has 1 fully saturated rings. The van der Waals surface area contributed by atoms with E-state index in [1.807, 2.05) is 0 Å². The van der Waals surface area contributed by atoms with Crippen LogP contribution in [0.1, 0.15) is 31.0 Å². The van der Waals surface area contributed by atoms with Gasteiger partial charge in [0.15, 0.2) is 0 Å². The molecule has 0 saturated heterocycles. The standard InChI is InChI=1S/C17H22N2OS/c1-12-3-5-13(6-4-12)16-19-15(10-21-16)9-18-17(2,11-20)14-7-8-14/h3-6,10,14,18,20H,7-9,11H2,1-2H3. The van der Waals surface area contributed by atoms with Crippen molar-refractivity contribution in [3.63, 3.8) is 0 Å². The van der Waals surface area contributed by atoms with Crippen molar-refractivity contribution in [3.05, 3.63) is 40.9 Å². The number of hydrogen-bond donors (Lipinski definition) is 2. The minimum atomic E-state index is -0.159. The molecule has 0 bridgehead atoms. The van der Waals surface area contributed by atoms with Crippen molar-refractivity contribution in [2.45, 2.75) is 38.8 Å². The first kappa shape index (κ1) is 14.7. The van der Waals surface area contributed by atoms with E-state index in [0.717, 1.165) is 17.2 Å². The minimum Gasteiger partial charge on any atom is -0.394 e. The van der Waals surface area contributed by atoms with Crippen molar-refractivity contribution in [3.8, 4) is 10.6 Å². The van der Waals surface area contributed by atoms with E-state index in [2.05, 4.69) is 48.8 Å². The van der Waals surface area contributed by atoms with E-state index in [9.17, 15) is 5.11 Å². The quantitative estimate of drug-likeness (QED) is 0.860. The molecule has 4 heteroatoms. The number of nitrogens with one attached hydrogen (secondary N) is 1. The van der Waals surface area contributed by atoms with E-state index >= 15 is 0 Å². The third-order valence-corrected chi connectivity index (χ3v) is 5.27. The van der Waals surface area contributed by atoms with Crippen LogP contribution in [0.25, 0.3) is 10.6 Å². The predicted octanol–water partition coefficient (Wildman–Crippen LogP) is 3.37. The molecule has 1 aromatic heterocycles. The van der Waals surface area contributed by atoms with Crippen LogP contribution < -0.4 is 5.32 Å². The molecule has 1 aliphatic rings. The zero-order valence-corrected chi connectivity index (χ0v) is 13.4. The molecule has 0 radical (unpaired) electrons. The number of aliphatic hydroxyl groups is 1. The van der Waals surface area contributed by atoms with Gasteiger partial charge in [-0.05, 0) is 32.6 Å². The second-order valence-electron chi connectivity index (χ2n) is 6.21. The lowest BCUT2D eigenvalue weighted by Gasteiger charge is -2.28. The molecule has 3 rings (SSSR count). The van der Waals surface area contributed by atoms with Crippen molar-refractivity contribution < 1.29 is 5.11 Å². The van der Waals surface area contributed by atoms with E-state index in [1.54, 1.807) is 11.3 Å². The molecule has 112 valence electrons. The Balaban J connectivity index is 1.66. The van der Waals surface area contributed by atoms with E-state index in [0.29, 0.717) is 5.92 Å². The smallest absolute Gasteiger partial charge is 0.123 e. The fraction of sp³-hybridized carbons (Fsp3) is 0.471. The topological polar surface area (TPSA) is 45.2 Å². The maximum atomic E-state index is 9.60. The SMILES string of the molecule is Cc1ccc(-c2nc(CNC(C)(CO)C3CC3)cs2)cc1. The van der Waals surface area contributed by atoms with Gasteiger partial charge < -0.3 is 10.4 Å². The number of aryl methyl sites for hydroxylation is 1. The summed E-state index contributed by atoms with van der Waals surface area (Å²) in [6.07, 6.45) is 2.44. The number of rotatable bonds is 6. The maximum Gasteiger partial charge on any atom is 0.123 e. The van der Waals surface area contributed by atoms with Crippen molar-refractivity contribution in [1.82, 2.24) is 10.3 Å². The van der Waals surface area contributed by atoms with Crippen molar-refractivity contribution >= 4 is 11.3 Å². The van der Waals surface area contributed by atoms with Crippen molar-refractivity contribution in [2.75, 3.05) is 6.61 Å². The third-order valence-electron chi connectivity index (χ3n) is 4.33. The average molecular weight is 302 g/mol. The molecule has 1 aliphatic carbocycles. The van der Waals surface area contributed by atoms with Crippen LogP contribution in [-0.2, 0) is 6.54 Å². The van der Waals surface area contributed by atoms with E-state index < -0.39 is 0 Å². The highest BCUT2D eigenvalue weighted by atomic mass is 32.1. The lowest BCUT2D eigenvalue weighted by molar-refractivity contribution is 0.153. The second kappa shape index (κ2) is 5.87. The van der Waals surface area contributed by atoms with Crippen LogP contribution in [0.4, 0.5) is 0 Å². The summed E-state index contributed by atoms with van der Waals surface area (Å²) in [5, 5.41) is 16.3. The zero-order chi connectivity index (χ0) is 14.9. The lowest BCUT2D eigenvalue weighted by atomic mass is 9.97. The lowest BCUT2D eigenvalue weighted by Crippen LogP contribution is -2.47. The molecule has 0 amide bonds. The van der Waals surface area contributed by atoms with E-state index in [4.69, 9.17) is 4.98 Å². The summed E-state index contributed by atoms with van der Waals surface area (Å²) < 4.78 is 0. The Labute approximate surface area is 130 Å². The van der Waals surface area contributed by atoms with Gasteiger partial charge in [-0.3, -0.25) is 0 Å². The van der Waals surface area contributed by atoms with Crippen LogP contribution in [0, 0.1) is 12.8 Å². The fourth-order valence-electron chi connectivity index (χ4n) is 2.56. The summed E-state index contributed by atoms with van der Waals surface area (Å²) in [7, 11) is 0. The molecule has 0 spiro atoms. The normalized spacial score (nSPS) is 17.7. The first-order valence-electron chi connectivity index (χ1n) is 7.48. The first-order chi connectivity index (χ1) is 10.1. The molecule has 1 saturated carbocycles. The monoisotopic (exact) mass is 302 g/mol. The van der Waals surface area contributed by atoms with Gasteiger partial charge in [-0.2, -0.15) is 0 Å². The Hall–Kier alpha value is -1.23. The molecule has 2 N–H and O–H groups in total. The third kappa shape index (κ3) is 3.34. The Morgan fingerprint density at radius 3 is 2.67 bits per heavy atom. The van der Waals surface area contributed by atoms with Crippen LogP contribution in [-0.4, -0.2) is 22.2 Å². The first-order valence-corrected chi connectivity index (χ1v) is 8.36. The van der Waals surface area contributed by atoms with E-state index in [1.165, 1.54) is 24.0 Å². The summed E-state index contributed by atoms with van der Waals surface area (Å²) in [6, 6.07) is 8.47. The molecule has 1 unspecified atom stereocenters. The van der Waals surface area contributed by atoms with Gasteiger partial charge in [0.2, 0.25) is 0 Å². The van der Waals surface area contributed by atoms with Crippen LogP contribution in [0.2, 0.25) is 0 Å². The molecule has 3 nitrogen and oxygen atoms in total. The second-order valence-corrected chi connectivity index (χ2v) is 7.07. The number of aromatic nitrogens is 1. The van der Waals surface area contributed by atoms with Crippen LogP contribution in [0.5, 0.6) is 0 Å². The highest BCUT2D eigenvalue weighted by Gasteiger charge is 2.40. The van der Waals surface area contributed by atoms with Crippen molar-refractivity contribution in [1.29, 1.82) is 0 Å². The van der Waals surface area contributed by atoms with Gasteiger partial charge in [-0.15, -0.1) is 11.3 Å². The minimum absolute atomic E-state index is 0.159. The zero-order valence-electron chi connectivity index (χ0n) is 12.6. The molecular formula is C17H22N2OS. The number of aliphatic hydroxyl groups excluding tert-OH is 1. The maximum absolute atomic E-state index is 9.60. The Bertz CT molecular complexity index is 604. The summed E-state index contributed by atoms with van der Waals surface area (Å²) in [5.74, 6) is 0.609. The van der Waals surface area contributed by atoms with Gasteiger partial charge in [0.05, 0.1) is 12.3 Å². The summed E-state index contributed by atoms with van der Waals surface area (Å²) in [6.45, 7) is 5.11. The number of thiazole rings is 1. The van der Waals surface area contributed by atoms with E-state index in [-0.39, 0.29) is 12.1 Å². The summed E-state index contributed by atoms with van der Waals surface area (Å²) >= 11 is 1.68. The Kier molecular flexibility index (Phi) is 4.11. The van der Waals surface area contributed by atoms with Crippen LogP contribution >= 0.6 is 11.3 Å². The molecule has 2 aromatic rings.